The lowest BCUT2D eigenvalue weighted by molar-refractivity contribution is 0.0295. The van der Waals surface area contributed by atoms with Gasteiger partial charge in [0, 0.05) is 12.6 Å². The number of hydrogen-bond acceptors (Lipinski definition) is 3. The Morgan fingerprint density at radius 3 is 2.71 bits per heavy atom. The van der Waals surface area contributed by atoms with Gasteiger partial charge in [0.1, 0.15) is 5.75 Å². The smallest absolute Gasteiger partial charge is 0.133 e. The maximum Gasteiger partial charge on any atom is 0.133 e. The largest absolute Gasteiger partial charge is 0.496 e. The van der Waals surface area contributed by atoms with Gasteiger partial charge in [-0.25, -0.2) is 0 Å². The topological polar surface area (TPSA) is 30.5 Å². The van der Waals surface area contributed by atoms with Crippen LogP contribution in [0.5, 0.6) is 5.75 Å². The monoisotopic (exact) mass is 355 g/mol. The van der Waals surface area contributed by atoms with E-state index < -0.39 is 0 Å². The molecule has 0 spiro atoms. The molecule has 1 aromatic carbocycles. The Labute approximate surface area is 136 Å². The second-order valence-electron chi connectivity index (χ2n) is 5.70. The Kier molecular flexibility index (Phi) is 7.00. The van der Waals surface area contributed by atoms with Crippen molar-refractivity contribution >= 4 is 15.9 Å². The van der Waals surface area contributed by atoms with E-state index in [0.717, 1.165) is 23.4 Å². The van der Waals surface area contributed by atoms with Crippen molar-refractivity contribution in [3.8, 4) is 5.75 Å². The third kappa shape index (κ3) is 5.28. The number of rotatable bonds is 7. The Morgan fingerprint density at radius 2 is 2.05 bits per heavy atom. The first-order valence-electron chi connectivity index (χ1n) is 7.89. The molecule has 2 rings (SSSR count). The van der Waals surface area contributed by atoms with E-state index in [4.69, 9.17) is 9.47 Å². The second kappa shape index (κ2) is 8.76. The van der Waals surface area contributed by atoms with Crippen LogP contribution in [0.2, 0.25) is 0 Å². The molecule has 1 N–H and O–H groups in total. The van der Waals surface area contributed by atoms with E-state index in [1.54, 1.807) is 7.11 Å². The maximum absolute atomic E-state index is 5.94. The van der Waals surface area contributed by atoms with Crippen LogP contribution < -0.4 is 10.1 Å². The van der Waals surface area contributed by atoms with Gasteiger partial charge in [-0.15, -0.1) is 0 Å². The van der Waals surface area contributed by atoms with Crippen molar-refractivity contribution in [1.29, 1.82) is 0 Å². The summed E-state index contributed by atoms with van der Waals surface area (Å²) in [6.07, 6.45) is 7.00. The SMILES string of the molecule is COc1ccc(C(C)NCCOC2CCCCC2)cc1Br. The second-order valence-corrected chi connectivity index (χ2v) is 6.55. The highest BCUT2D eigenvalue weighted by Gasteiger charge is 2.13. The summed E-state index contributed by atoms with van der Waals surface area (Å²) in [6, 6.07) is 6.51. The summed E-state index contributed by atoms with van der Waals surface area (Å²) in [5.74, 6) is 0.867. The molecule has 0 amide bonds. The van der Waals surface area contributed by atoms with Gasteiger partial charge >= 0.3 is 0 Å². The van der Waals surface area contributed by atoms with Gasteiger partial charge in [-0.1, -0.05) is 25.3 Å². The molecule has 1 unspecified atom stereocenters. The predicted octanol–water partition coefficient (Wildman–Crippen LogP) is 4.46. The minimum absolute atomic E-state index is 0.308. The summed E-state index contributed by atoms with van der Waals surface area (Å²) in [5.41, 5.74) is 1.25. The van der Waals surface area contributed by atoms with Crippen molar-refractivity contribution in [2.24, 2.45) is 0 Å². The third-order valence-electron chi connectivity index (χ3n) is 4.13. The molecule has 1 fully saturated rings. The highest BCUT2D eigenvalue weighted by atomic mass is 79.9. The highest BCUT2D eigenvalue weighted by Crippen LogP contribution is 2.28. The molecule has 3 nitrogen and oxygen atoms in total. The van der Waals surface area contributed by atoms with Gasteiger partial charge in [0.05, 0.1) is 24.3 Å². The first-order valence-corrected chi connectivity index (χ1v) is 8.68. The van der Waals surface area contributed by atoms with Crippen molar-refractivity contribution in [3.63, 3.8) is 0 Å². The Hall–Kier alpha value is -0.580. The Balaban J connectivity index is 1.71. The average molecular weight is 356 g/mol. The molecule has 1 aliphatic carbocycles. The van der Waals surface area contributed by atoms with Crippen LogP contribution in [0.4, 0.5) is 0 Å². The zero-order chi connectivity index (χ0) is 15.1. The zero-order valence-electron chi connectivity index (χ0n) is 13.0. The fraction of sp³-hybridized carbons (Fsp3) is 0.647. The lowest BCUT2D eigenvalue weighted by atomic mass is 9.98. The van der Waals surface area contributed by atoms with Gasteiger partial charge in [-0.3, -0.25) is 0 Å². The molecular formula is C17H26BrNO2. The molecule has 1 aliphatic rings. The van der Waals surface area contributed by atoms with Crippen LogP contribution in [0.25, 0.3) is 0 Å². The van der Waals surface area contributed by atoms with Crippen LogP contribution in [0.1, 0.15) is 50.6 Å². The van der Waals surface area contributed by atoms with Crippen LogP contribution in [0.3, 0.4) is 0 Å². The Bertz CT molecular complexity index is 433. The standard InChI is InChI=1S/C17H26BrNO2/c1-13(14-8-9-17(20-2)16(18)12-14)19-10-11-21-15-6-4-3-5-7-15/h8-9,12-13,15,19H,3-7,10-11H2,1-2H3. The van der Waals surface area contributed by atoms with E-state index in [1.807, 2.05) is 6.07 Å². The molecule has 1 aromatic rings. The number of benzene rings is 1. The highest BCUT2D eigenvalue weighted by molar-refractivity contribution is 9.10. The number of halogens is 1. The summed E-state index contributed by atoms with van der Waals surface area (Å²) >= 11 is 3.53. The molecule has 0 radical (unpaired) electrons. The molecule has 1 atom stereocenters. The van der Waals surface area contributed by atoms with Gasteiger partial charge in [-0.2, -0.15) is 0 Å². The van der Waals surface area contributed by atoms with Gasteiger partial charge in [0.25, 0.3) is 0 Å². The molecule has 0 saturated heterocycles. The van der Waals surface area contributed by atoms with Crippen LogP contribution in [0, 0.1) is 0 Å². The van der Waals surface area contributed by atoms with Gasteiger partial charge in [0.15, 0.2) is 0 Å². The molecule has 4 heteroatoms. The average Bonchev–Trinajstić information content (AvgIpc) is 2.52. The number of methoxy groups -OCH3 is 1. The summed E-state index contributed by atoms with van der Waals surface area (Å²) in [5, 5.41) is 3.52. The first-order chi connectivity index (χ1) is 10.2. The normalized spacial score (nSPS) is 17.7. The number of nitrogens with one attached hydrogen (secondary N) is 1. The van der Waals surface area contributed by atoms with Crippen LogP contribution in [-0.4, -0.2) is 26.4 Å². The van der Waals surface area contributed by atoms with E-state index >= 15 is 0 Å². The molecule has 0 aliphatic heterocycles. The zero-order valence-corrected chi connectivity index (χ0v) is 14.6. The summed E-state index contributed by atoms with van der Waals surface area (Å²) < 4.78 is 12.2. The van der Waals surface area contributed by atoms with Gasteiger partial charge in [0.2, 0.25) is 0 Å². The van der Waals surface area contributed by atoms with Crippen LogP contribution in [0.15, 0.2) is 22.7 Å². The van der Waals surface area contributed by atoms with Crippen molar-refractivity contribution < 1.29 is 9.47 Å². The minimum atomic E-state index is 0.308. The lowest BCUT2D eigenvalue weighted by Gasteiger charge is -2.22. The molecular weight excluding hydrogens is 330 g/mol. The summed E-state index contributed by atoms with van der Waals surface area (Å²) in [6.45, 7) is 3.86. The van der Waals surface area contributed by atoms with E-state index in [9.17, 15) is 0 Å². The molecule has 118 valence electrons. The van der Waals surface area contributed by atoms with Crippen LogP contribution in [-0.2, 0) is 4.74 Å². The molecule has 1 saturated carbocycles. The maximum atomic E-state index is 5.94. The molecule has 0 aromatic heterocycles. The van der Waals surface area contributed by atoms with Crippen molar-refractivity contribution in [2.45, 2.75) is 51.2 Å². The van der Waals surface area contributed by atoms with E-state index in [-0.39, 0.29) is 0 Å². The van der Waals surface area contributed by atoms with Crippen molar-refractivity contribution in [1.82, 2.24) is 5.32 Å². The quantitative estimate of drug-likeness (QED) is 0.732. The van der Waals surface area contributed by atoms with E-state index in [2.05, 4.69) is 40.3 Å². The third-order valence-corrected chi connectivity index (χ3v) is 4.75. The fourth-order valence-electron chi connectivity index (χ4n) is 2.80. The molecule has 0 heterocycles. The van der Waals surface area contributed by atoms with Gasteiger partial charge in [-0.05, 0) is 53.4 Å². The molecule has 0 bridgehead atoms. The molecule has 21 heavy (non-hydrogen) atoms. The predicted molar refractivity (Wildman–Crippen MR) is 89.9 cm³/mol. The minimum Gasteiger partial charge on any atom is -0.496 e. The number of hydrogen-bond donors (Lipinski definition) is 1. The fourth-order valence-corrected chi connectivity index (χ4v) is 3.36. The van der Waals surface area contributed by atoms with Crippen molar-refractivity contribution in [3.05, 3.63) is 28.2 Å². The summed E-state index contributed by atoms with van der Waals surface area (Å²) in [4.78, 5) is 0. The van der Waals surface area contributed by atoms with Crippen LogP contribution >= 0.6 is 15.9 Å². The lowest BCUT2D eigenvalue weighted by Crippen LogP contribution is -2.26. The first kappa shape index (κ1) is 16.8. The van der Waals surface area contributed by atoms with E-state index in [0.29, 0.717) is 12.1 Å². The number of ether oxygens (including phenoxy) is 2. The van der Waals surface area contributed by atoms with E-state index in [1.165, 1.54) is 37.7 Å². The van der Waals surface area contributed by atoms with Crippen molar-refractivity contribution in [2.75, 3.05) is 20.3 Å². The Morgan fingerprint density at radius 1 is 1.29 bits per heavy atom. The van der Waals surface area contributed by atoms with Gasteiger partial charge < -0.3 is 14.8 Å². The summed E-state index contributed by atoms with van der Waals surface area (Å²) in [7, 11) is 1.68.